The summed E-state index contributed by atoms with van der Waals surface area (Å²) in [6.45, 7) is 6.85. The minimum atomic E-state index is -0.0198. The van der Waals surface area contributed by atoms with Crippen LogP contribution in [0.3, 0.4) is 0 Å². The van der Waals surface area contributed by atoms with E-state index in [1.54, 1.807) is 0 Å². The molecule has 0 aliphatic carbocycles. The smallest absolute Gasteiger partial charge is 0.0482 e. The van der Waals surface area contributed by atoms with E-state index in [9.17, 15) is 0 Å². The predicted octanol–water partition coefficient (Wildman–Crippen LogP) is 3.11. The SMILES string of the molecule is CC(C)(C(N)c1cccc2cnccc12)N1CCCC1. The van der Waals surface area contributed by atoms with E-state index >= 15 is 0 Å². The molecule has 1 aliphatic rings. The lowest BCUT2D eigenvalue weighted by atomic mass is 9.85. The summed E-state index contributed by atoms with van der Waals surface area (Å²) >= 11 is 0. The summed E-state index contributed by atoms with van der Waals surface area (Å²) in [6, 6.07) is 8.42. The molecule has 1 atom stereocenters. The molecule has 1 aromatic carbocycles. The Morgan fingerprint density at radius 3 is 2.70 bits per heavy atom. The first-order chi connectivity index (χ1) is 9.60. The van der Waals surface area contributed by atoms with Crippen molar-refractivity contribution >= 4 is 10.8 Å². The lowest BCUT2D eigenvalue weighted by Crippen LogP contribution is -2.49. The molecule has 1 aliphatic heterocycles. The van der Waals surface area contributed by atoms with Crippen LogP contribution in [0.4, 0.5) is 0 Å². The Balaban J connectivity index is 2.01. The molecule has 1 unspecified atom stereocenters. The lowest BCUT2D eigenvalue weighted by molar-refractivity contribution is 0.124. The van der Waals surface area contributed by atoms with Gasteiger partial charge in [-0.15, -0.1) is 0 Å². The number of hydrogen-bond donors (Lipinski definition) is 1. The Morgan fingerprint density at radius 2 is 1.95 bits per heavy atom. The summed E-state index contributed by atoms with van der Waals surface area (Å²) in [7, 11) is 0. The van der Waals surface area contributed by atoms with E-state index in [1.165, 1.54) is 23.8 Å². The third-order valence-electron chi connectivity index (χ3n) is 4.73. The molecule has 3 nitrogen and oxygen atoms in total. The predicted molar refractivity (Wildman–Crippen MR) is 83.6 cm³/mol. The second kappa shape index (κ2) is 5.15. The van der Waals surface area contributed by atoms with E-state index in [-0.39, 0.29) is 11.6 Å². The van der Waals surface area contributed by atoms with E-state index in [1.807, 2.05) is 12.4 Å². The molecule has 0 spiro atoms. The van der Waals surface area contributed by atoms with Crippen molar-refractivity contribution in [1.29, 1.82) is 0 Å². The third kappa shape index (κ3) is 2.21. The lowest BCUT2D eigenvalue weighted by Gasteiger charge is -2.41. The molecule has 0 amide bonds. The monoisotopic (exact) mass is 269 g/mol. The summed E-state index contributed by atoms with van der Waals surface area (Å²) < 4.78 is 0. The van der Waals surface area contributed by atoms with Gasteiger partial charge in [-0.2, -0.15) is 0 Å². The number of rotatable bonds is 3. The van der Waals surface area contributed by atoms with Gasteiger partial charge < -0.3 is 5.73 Å². The fraction of sp³-hybridized carbons (Fsp3) is 0.471. The topological polar surface area (TPSA) is 42.1 Å². The van der Waals surface area contributed by atoms with Crippen molar-refractivity contribution in [2.24, 2.45) is 5.73 Å². The Labute approximate surface area is 120 Å². The Morgan fingerprint density at radius 1 is 1.20 bits per heavy atom. The van der Waals surface area contributed by atoms with Gasteiger partial charge in [0.25, 0.3) is 0 Å². The van der Waals surface area contributed by atoms with Gasteiger partial charge in [0.05, 0.1) is 0 Å². The summed E-state index contributed by atoms with van der Waals surface area (Å²) in [6.07, 6.45) is 6.33. The van der Waals surface area contributed by atoms with E-state index < -0.39 is 0 Å². The molecule has 106 valence electrons. The molecule has 0 bridgehead atoms. The molecule has 0 radical (unpaired) electrons. The molecule has 2 aromatic rings. The highest BCUT2D eigenvalue weighted by molar-refractivity contribution is 5.85. The van der Waals surface area contributed by atoms with Crippen molar-refractivity contribution in [2.45, 2.75) is 38.3 Å². The van der Waals surface area contributed by atoms with Crippen molar-refractivity contribution in [3.8, 4) is 0 Å². The molecule has 3 rings (SSSR count). The zero-order valence-electron chi connectivity index (χ0n) is 12.3. The number of aromatic nitrogens is 1. The molecule has 3 heteroatoms. The van der Waals surface area contributed by atoms with Crippen LogP contribution in [-0.2, 0) is 0 Å². The van der Waals surface area contributed by atoms with Gasteiger partial charge in [0.1, 0.15) is 0 Å². The third-order valence-corrected chi connectivity index (χ3v) is 4.73. The number of benzene rings is 1. The fourth-order valence-electron chi connectivity index (χ4n) is 3.29. The van der Waals surface area contributed by atoms with Crippen LogP contribution in [0.5, 0.6) is 0 Å². The number of fused-ring (bicyclic) bond motifs is 1. The normalized spacial score (nSPS) is 18.6. The van der Waals surface area contributed by atoms with Gasteiger partial charge in [0.15, 0.2) is 0 Å². The number of likely N-dealkylation sites (tertiary alicyclic amines) is 1. The molecule has 1 fully saturated rings. The standard InChI is InChI=1S/C17H23N3/c1-17(2,20-10-3-4-11-20)16(18)15-7-5-6-13-12-19-9-8-14(13)15/h5-9,12,16H,3-4,10-11,18H2,1-2H3. The van der Waals surface area contributed by atoms with Crippen LogP contribution in [-0.4, -0.2) is 28.5 Å². The van der Waals surface area contributed by atoms with Crippen LogP contribution < -0.4 is 5.73 Å². The van der Waals surface area contributed by atoms with E-state index in [2.05, 4.69) is 48.0 Å². The Bertz CT molecular complexity index is 595. The quantitative estimate of drug-likeness (QED) is 0.931. The summed E-state index contributed by atoms with van der Waals surface area (Å²) in [4.78, 5) is 6.73. The maximum absolute atomic E-state index is 6.66. The van der Waals surface area contributed by atoms with E-state index in [0.717, 1.165) is 18.5 Å². The minimum Gasteiger partial charge on any atom is -0.322 e. The van der Waals surface area contributed by atoms with E-state index in [0.29, 0.717) is 0 Å². The van der Waals surface area contributed by atoms with Crippen LogP contribution in [0.1, 0.15) is 38.3 Å². The zero-order valence-corrected chi connectivity index (χ0v) is 12.3. The van der Waals surface area contributed by atoms with Crippen LogP contribution >= 0.6 is 0 Å². The highest BCUT2D eigenvalue weighted by Gasteiger charge is 2.36. The Kier molecular flexibility index (Phi) is 3.48. The minimum absolute atomic E-state index is 0.00620. The molecular formula is C17H23N3. The second-order valence-corrected chi connectivity index (χ2v) is 6.27. The first kappa shape index (κ1) is 13.5. The molecule has 1 saturated heterocycles. The molecule has 2 N–H and O–H groups in total. The van der Waals surface area contributed by atoms with Gasteiger partial charge in [-0.25, -0.2) is 0 Å². The maximum Gasteiger partial charge on any atom is 0.0482 e. The zero-order chi connectivity index (χ0) is 14.2. The van der Waals surface area contributed by atoms with E-state index in [4.69, 9.17) is 5.73 Å². The van der Waals surface area contributed by atoms with Crippen molar-refractivity contribution in [3.05, 3.63) is 42.2 Å². The number of nitrogens with zero attached hydrogens (tertiary/aromatic N) is 2. The summed E-state index contributed by atoms with van der Waals surface area (Å²) in [5.41, 5.74) is 7.86. The van der Waals surface area contributed by atoms with Crippen LogP contribution in [0.2, 0.25) is 0 Å². The van der Waals surface area contributed by atoms with Crippen LogP contribution in [0.15, 0.2) is 36.7 Å². The van der Waals surface area contributed by atoms with Gasteiger partial charge in [-0.05, 0) is 56.8 Å². The van der Waals surface area contributed by atoms with Gasteiger partial charge >= 0.3 is 0 Å². The fourth-order valence-corrected chi connectivity index (χ4v) is 3.29. The van der Waals surface area contributed by atoms with Gasteiger partial charge in [0, 0.05) is 29.4 Å². The van der Waals surface area contributed by atoms with Crippen molar-refractivity contribution in [2.75, 3.05) is 13.1 Å². The molecule has 20 heavy (non-hydrogen) atoms. The van der Waals surface area contributed by atoms with Crippen LogP contribution in [0, 0.1) is 0 Å². The number of hydrogen-bond acceptors (Lipinski definition) is 3. The van der Waals surface area contributed by atoms with Gasteiger partial charge in [-0.3, -0.25) is 9.88 Å². The van der Waals surface area contributed by atoms with Crippen molar-refractivity contribution < 1.29 is 0 Å². The number of nitrogens with two attached hydrogens (primary N) is 1. The highest BCUT2D eigenvalue weighted by atomic mass is 15.2. The Hall–Kier alpha value is -1.45. The number of pyridine rings is 1. The first-order valence-electron chi connectivity index (χ1n) is 7.44. The maximum atomic E-state index is 6.66. The highest BCUT2D eigenvalue weighted by Crippen LogP contribution is 2.34. The summed E-state index contributed by atoms with van der Waals surface area (Å²) in [5, 5.41) is 2.39. The van der Waals surface area contributed by atoms with Gasteiger partial charge in [-0.1, -0.05) is 18.2 Å². The van der Waals surface area contributed by atoms with Crippen molar-refractivity contribution in [3.63, 3.8) is 0 Å². The van der Waals surface area contributed by atoms with Gasteiger partial charge in [0.2, 0.25) is 0 Å². The summed E-state index contributed by atoms with van der Waals surface area (Å²) in [5.74, 6) is 0. The second-order valence-electron chi connectivity index (χ2n) is 6.27. The average Bonchev–Trinajstić information content (AvgIpc) is 3.01. The van der Waals surface area contributed by atoms with Crippen molar-refractivity contribution in [1.82, 2.24) is 9.88 Å². The molecule has 1 aromatic heterocycles. The largest absolute Gasteiger partial charge is 0.322 e. The molecule has 0 saturated carbocycles. The molecule has 2 heterocycles. The first-order valence-corrected chi connectivity index (χ1v) is 7.44. The van der Waals surface area contributed by atoms with Crippen LogP contribution in [0.25, 0.3) is 10.8 Å². The average molecular weight is 269 g/mol. The molecular weight excluding hydrogens is 246 g/mol.